The van der Waals surface area contributed by atoms with E-state index < -0.39 is 0 Å². The first-order valence-electron chi connectivity index (χ1n) is 7.21. The Kier molecular flexibility index (Phi) is 8.90. The lowest BCUT2D eigenvalue weighted by atomic mass is 9.93. The number of rotatable bonds is 10. The van der Waals surface area contributed by atoms with Crippen molar-refractivity contribution in [3.05, 3.63) is 28.7 Å². The second kappa shape index (κ2) is 10.2. The predicted molar refractivity (Wildman–Crippen MR) is 87.3 cm³/mol. The summed E-state index contributed by atoms with van der Waals surface area (Å²) in [6.07, 6.45) is 1.06. The van der Waals surface area contributed by atoms with Gasteiger partial charge in [-0.1, -0.05) is 29.8 Å². The van der Waals surface area contributed by atoms with E-state index in [-0.39, 0.29) is 0 Å². The molecule has 0 saturated heterocycles. The molecule has 114 valence electrons. The van der Waals surface area contributed by atoms with E-state index in [1.165, 1.54) is 0 Å². The van der Waals surface area contributed by atoms with Gasteiger partial charge in [0.15, 0.2) is 0 Å². The fraction of sp³-hybridized carbons (Fsp3) is 0.625. The van der Waals surface area contributed by atoms with Crippen molar-refractivity contribution in [2.75, 3.05) is 33.4 Å². The summed E-state index contributed by atoms with van der Waals surface area (Å²) < 4.78 is 11.9. The monoisotopic (exact) mass is 343 g/mol. The Labute approximate surface area is 131 Å². The van der Waals surface area contributed by atoms with Crippen LogP contribution in [0.25, 0.3) is 0 Å². The molecule has 1 unspecified atom stereocenters. The molecule has 0 radical (unpaired) electrons. The molecule has 3 nitrogen and oxygen atoms in total. The SMILES string of the molecule is COCCNCC(CCOc1ccc(Br)cc1)C(C)C. The maximum atomic E-state index is 5.80. The number of hydrogen-bond donors (Lipinski definition) is 1. The van der Waals surface area contributed by atoms with Gasteiger partial charge in [-0.2, -0.15) is 0 Å². The highest BCUT2D eigenvalue weighted by atomic mass is 79.9. The molecule has 1 aromatic carbocycles. The number of nitrogens with one attached hydrogen (secondary N) is 1. The average molecular weight is 344 g/mol. The van der Waals surface area contributed by atoms with E-state index in [0.717, 1.165) is 42.9 Å². The molecule has 1 aromatic rings. The molecule has 0 fully saturated rings. The van der Waals surface area contributed by atoms with Crippen LogP contribution in [-0.4, -0.2) is 33.4 Å². The molecule has 1 rings (SSSR count). The van der Waals surface area contributed by atoms with E-state index in [0.29, 0.717) is 11.8 Å². The van der Waals surface area contributed by atoms with E-state index >= 15 is 0 Å². The molecule has 1 N–H and O–H groups in total. The van der Waals surface area contributed by atoms with Crippen molar-refractivity contribution >= 4 is 15.9 Å². The lowest BCUT2D eigenvalue weighted by Gasteiger charge is -2.21. The van der Waals surface area contributed by atoms with Gasteiger partial charge in [0.25, 0.3) is 0 Å². The third-order valence-corrected chi connectivity index (χ3v) is 3.93. The Morgan fingerprint density at radius 2 is 1.85 bits per heavy atom. The standard InChI is InChI=1S/C16H26BrNO2/c1-13(2)14(12-18-9-11-19-3)8-10-20-16-6-4-15(17)5-7-16/h4-7,13-14,18H,8-12H2,1-3H3. The molecule has 4 heteroatoms. The second-order valence-corrected chi connectivity index (χ2v) is 6.21. The Balaban J connectivity index is 2.26. The zero-order valence-electron chi connectivity index (χ0n) is 12.7. The molecule has 20 heavy (non-hydrogen) atoms. The van der Waals surface area contributed by atoms with Gasteiger partial charge in [-0.15, -0.1) is 0 Å². The van der Waals surface area contributed by atoms with Crippen LogP contribution in [0.3, 0.4) is 0 Å². The average Bonchev–Trinajstić information content (AvgIpc) is 2.43. The van der Waals surface area contributed by atoms with Crippen LogP contribution < -0.4 is 10.1 Å². The second-order valence-electron chi connectivity index (χ2n) is 5.29. The first-order valence-corrected chi connectivity index (χ1v) is 8.00. The summed E-state index contributed by atoms with van der Waals surface area (Å²) in [5, 5.41) is 3.44. The predicted octanol–water partition coefficient (Wildman–Crippen LogP) is 3.73. The Morgan fingerprint density at radius 3 is 2.45 bits per heavy atom. The van der Waals surface area contributed by atoms with E-state index in [2.05, 4.69) is 35.1 Å². The summed E-state index contributed by atoms with van der Waals surface area (Å²) in [6.45, 7) is 7.99. The van der Waals surface area contributed by atoms with E-state index in [1.54, 1.807) is 7.11 Å². The Bertz CT molecular complexity index is 354. The molecule has 0 amide bonds. The molecule has 0 aromatic heterocycles. The highest BCUT2D eigenvalue weighted by molar-refractivity contribution is 9.10. The molecule has 0 bridgehead atoms. The zero-order chi connectivity index (χ0) is 14.8. The van der Waals surface area contributed by atoms with Crippen LogP contribution in [0.2, 0.25) is 0 Å². The van der Waals surface area contributed by atoms with E-state index in [4.69, 9.17) is 9.47 Å². The normalized spacial score (nSPS) is 12.7. The van der Waals surface area contributed by atoms with Crippen molar-refractivity contribution < 1.29 is 9.47 Å². The van der Waals surface area contributed by atoms with Gasteiger partial charge in [0.05, 0.1) is 13.2 Å². The molecular weight excluding hydrogens is 318 g/mol. The lowest BCUT2D eigenvalue weighted by molar-refractivity contribution is 0.192. The highest BCUT2D eigenvalue weighted by Crippen LogP contribution is 2.18. The maximum absolute atomic E-state index is 5.80. The van der Waals surface area contributed by atoms with Gasteiger partial charge < -0.3 is 14.8 Å². The first kappa shape index (κ1) is 17.5. The number of benzene rings is 1. The van der Waals surface area contributed by atoms with Gasteiger partial charge in [0.1, 0.15) is 5.75 Å². The quantitative estimate of drug-likeness (QED) is 0.656. The maximum Gasteiger partial charge on any atom is 0.119 e. The molecular formula is C16H26BrNO2. The fourth-order valence-corrected chi connectivity index (χ4v) is 2.26. The van der Waals surface area contributed by atoms with Crippen LogP contribution in [0, 0.1) is 11.8 Å². The smallest absolute Gasteiger partial charge is 0.119 e. The van der Waals surface area contributed by atoms with Gasteiger partial charge >= 0.3 is 0 Å². The third-order valence-electron chi connectivity index (χ3n) is 3.40. The van der Waals surface area contributed by atoms with Gasteiger partial charge in [0.2, 0.25) is 0 Å². The largest absolute Gasteiger partial charge is 0.494 e. The molecule has 0 heterocycles. The van der Waals surface area contributed by atoms with Crippen molar-refractivity contribution in [2.24, 2.45) is 11.8 Å². The van der Waals surface area contributed by atoms with Gasteiger partial charge in [-0.3, -0.25) is 0 Å². The zero-order valence-corrected chi connectivity index (χ0v) is 14.3. The first-order chi connectivity index (χ1) is 9.63. The van der Waals surface area contributed by atoms with Gasteiger partial charge in [-0.25, -0.2) is 0 Å². The minimum atomic E-state index is 0.627. The summed E-state index contributed by atoms with van der Waals surface area (Å²) in [5.41, 5.74) is 0. The van der Waals surface area contributed by atoms with Crippen molar-refractivity contribution in [1.82, 2.24) is 5.32 Å². The molecule has 0 spiro atoms. The Hall–Kier alpha value is -0.580. The third kappa shape index (κ3) is 7.27. The minimum absolute atomic E-state index is 0.627. The summed E-state index contributed by atoms with van der Waals surface area (Å²) in [5.74, 6) is 2.21. The fourth-order valence-electron chi connectivity index (χ4n) is 1.99. The van der Waals surface area contributed by atoms with Gasteiger partial charge in [0, 0.05) is 18.1 Å². The van der Waals surface area contributed by atoms with Crippen LogP contribution in [0.5, 0.6) is 5.75 Å². The number of hydrogen-bond acceptors (Lipinski definition) is 3. The van der Waals surface area contributed by atoms with Crippen molar-refractivity contribution in [3.8, 4) is 5.75 Å². The highest BCUT2D eigenvalue weighted by Gasteiger charge is 2.13. The topological polar surface area (TPSA) is 30.5 Å². The lowest BCUT2D eigenvalue weighted by Crippen LogP contribution is -2.29. The van der Waals surface area contributed by atoms with Crippen molar-refractivity contribution in [2.45, 2.75) is 20.3 Å². The summed E-state index contributed by atoms with van der Waals surface area (Å²) >= 11 is 3.42. The summed E-state index contributed by atoms with van der Waals surface area (Å²) in [6, 6.07) is 7.99. The van der Waals surface area contributed by atoms with Crippen LogP contribution in [0.1, 0.15) is 20.3 Å². The van der Waals surface area contributed by atoms with Crippen molar-refractivity contribution in [1.29, 1.82) is 0 Å². The van der Waals surface area contributed by atoms with Crippen LogP contribution in [0.15, 0.2) is 28.7 Å². The molecule has 1 atom stereocenters. The van der Waals surface area contributed by atoms with Crippen LogP contribution in [-0.2, 0) is 4.74 Å². The number of ether oxygens (including phenoxy) is 2. The summed E-state index contributed by atoms with van der Waals surface area (Å²) in [4.78, 5) is 0. The molecule has 0 aliphatic heterocycles. The molecule has 0 aliphatic carbocycles. The minimum Gasteiger partial charge on any atom is -0.494 e. The van der Waals surface area contributed by atoms with Crippen LogP contribution in [0.4, 0.5) is 0 Å². The van der Waals surface area contributed by atoms with Gasteiger partial charge in [-0.05, 0) is 49.1 Å². The number of methoxy groups -OCH3 is 1. The summed E-state index contributed by atoms with van der Waals surface area (Å²) in [7, 11) is 1.73. The molecule has 0 aliphatic rings. The van der Waals surface area contributed by atoms with Crippen LogP contribution >= 0.6 is 15.9 Å². The van der Waals surface area contributed by atoms with Crippen molar-refractivity contribution in [3.63, 3.8) is 0 Å². The molecule has 0 saturated carbocycles. The van der Waals surface area contributed by atoms with E-state index in [1.807, 2.05) is 24.3 Å². The van der Waals surface area contributed by atoms with E-state index in [9.17, 15) is 0 Å². The Morgan fingerprint density at radius 1 is 1.15 bits per heavy atom. The number of halogens is 1.